The highest BCUT2D eigenvalue weighted by Crippen LogP contribution is 2.38. The van der Waals surface area contributed by atoms with Gasteiger partial charge in [-0.1, -0.05) is 18.2 Å². The van der Waals surface area contributed by atoms with Crippen LogP contribution in [0.2, 0.25) is 0 Å². The summed E-state index contributed by atoms with van der Waals surface area (Å²) in [6, 6.07) is 10.8. The molecule has 0 saturated carbocycles. The summed E-state index contributed by atoms with van der Waals surface area (Å²) in [6.07, 6.45) is 0.679. The SMILES string of the molecule is CC1c2ccsc2CCN1c1ccccc1[C@@H](C)O. The van der Waals surface area contributed by atoms with E-state index in [-0.39, 0.29) is 0 Å². The molecule has 1 N–H and O–H groups in total. The lowest BCUT2D eigenvalue weighted by Crippen LogP contribution is -2.33. The molecule has 0 amide bonds. The summed E-state index contributed by atoms with van der Waals surface area (Å²) in [7, 11) is 0. The van der Waals surface area contributed by atoms with Crippen molar-refractivity contribution in [1.29, 1.82) is 0 Å². The molecule has 0 fully saturated rings. The fourth-order valence-electron chi connectivity index (χ4n) is 2.94. The highest BCUT2D eigenvalue weighted by molar-refractivity contribution is 7.10. The van der Waals surface area contributed by atoms with Gasteiger partial charge in [-0.15, -0.1) is 11.3 Å². The molecule has 3 heteroatoms. The Labute approximate surface area is 118 Å². The molecular weight excluding hydrogens is 254 g/mol. The molecule has 1 unspecified atom stereocenters. The number of hydrogen-bond donors (Lipinski definition) is 1. The van der Waals surface area contributed by atoms with Gasteiger partial charge in [0, 0.05) is 22.7 Å². The average molecular weight is 273 g/mol. The summed E-state index contributed by atoms with van der Waals surface area (Å²) < 4.78 is 0. The van der Waals surface area contributed by atoms with Gasteiger partial charge in [-0.05, 0) is 43.3 Å². The predicted molar refractivity (Wildman–Crippen MR) is 80.9 cm³/mol. The zero-order valence-corrected chi connectivity index (χ0v) is 12.2. The number of para-hydroxylation sites is 1. The first-order valence-corrected chi connectivity index (χ1v) is 7.66. The molecule has 1 aliphatic rings. The van der Waals surface area contributed by atoms with Gasteiger partial charge in [-0.25, -0.2) is 0 Å². The average Bonchev–Trinajstić information content (AvgIpc) is 2.88. The van der Waals surface area contributed by atoms with Crippen molar-refractivity contribution in [1.82, 2.24) is 0 Å². The highest BCUT2D eigenvalue weighted by Gasteiger charge is 2.26. The molecule has 0 radical (unpaired) electrons. The number of thiophene rings is 1. The van der Waals surface area contributed by atoms with Gasteiger partial charge >= 0.3 is 0 Å². The van der Waals surface area contributed by atoms with Gasteiger partial charge in [0.25, 0.3) is 0 Å². The Morgan fingerprint density at radius 1 is 1.32 bits per heavy atom. The maximum Gasteiger partial charge on any atom is 0.0781 e. The number of benzene rings is 1. The minimum absolute atomic E-state index is 0.384. The van der Waals surface area contributed by atoms with Crippen LogP contribution in [0.1, 0.15) is 42.0 Å². The summed E-state index contributed by atoms with van der Waals surface area (Å²) in [5, 5.41) is 12.1. The van der Waals surface area contributed by atoms with E-state index in [0.29, 0.717) is 6.04 Å². The van der Waals surface area contributed by atoms with E-state index in [4.69, 9.17) is 0 Å². The van der Waals surface area contributed by atoms with Gasteiger partial charge in [-0.3, -0.25) is 0 Å². The summed E-state index contributed by atoms with van der Waals surface area (Å²) >= 11 is 1.86. The van der Waals surface area contributed by atoms with Crippen LogP contribution in [-0.2, 0) is 6.42 Å². The molecule has 2 aromatic rings. The van der Waals surface area contributed by atoms with Gasteiger partial charge in [-0.2, -0.15) is 0 Å². The van der Waals surface area contributed by atoms with Crippen LogP contribution in [0.25, 0.3) is 0 Å². The molecule has 100 valence electrons. The number of hydrogen-bond acceptors (Lipinski definition) is 3. The van der Waals surface area contributed by atoms with Crippen LogP contribution >= 0.6 is 11.3 Å². The molecule has 1 aromatic heterocycles. The van der Waals surface area contributed by atoms with E-state index in [2.05, 4.69) is 35.4 Å². The quantitative estimate of drug-likeness (QED) is 0.896. The molecule has 2 nitrogen and oxygen atoms in total. The fraction of sp³-hybridized carbons (Fsp3) is 0.375. The van der Waals surface area contributed by atoms with Crippen LogP contribution in [0.15, 0.2) is 35.7 Å². The lowest BCUT2D eigenvalue weighted by molar-refractivity contribution is 0.199. The number of aliphatic hydroxyl groups is 1. The molecule has 1 aromatic carbocycles. The van der Waals surface area contributed by atoms with Crippen LogP contribution < -0.4 is 4.90 Å². The van der Waals surface area contributed by atoms with Crippen LogP contribution in [0, 0.1) is 0 Å². The van der Waals surface area contributed by atoms with Crippen molar-refractivity contribution in [3.8, 4) is 0 Å². The standard InChI is InChI=1S/C16H19NOS/c1-11-13-8-10-19-16(13)7-9-17(11)15-6-4-3-5-14(15)12(2)18/h3-6,8,10-12,18H,7,9H2,1-2H3/t11?,12-/m1/s1. The van der Waals surface area contributed by atoms with Crippen molar-refractivity contribution < 1.29 is 5.11 Å². The number of nitrogens with zero attached hydrogens (tertiary/aromatic N) is 1. The lowest BCUT2D eigenvalue weighted by Gasteiger charge is -2.37. The summed E-state index contributed by atoms with van der Waals surface area (Å²) in [4.78, 5) is 3.93. The summed E-state index contributed by atoms with van der Waals surface area (Å²) in [6.45, 7) is 5.12. The molecule has 3 rings (SSSR count). The Hall–Kier alpha value is -1.32. The molecule has 0 bridgehead atoms. The van der Waals surface area contributed by atoms with Crippen LogP contribution in [0.4, 0.5) is 5.69 Å². The zero-order valence-electron chi connectivity index (χ0n) is 11.3. The van der Waals surface area contributed by atoms with Crippen LogP contribution in [0.5, 0.6) is 0 Å². The molecular formula is C16H19NOS. The molecule has 0 saturated heterocycles. The maximum atomic E-state index is 9.95. The number of anilines is 1. The van der Waals surface area contributed by atoms with Gasteiger partial charge in [0.1, 0.15) is 0 Å². The molecule has 1 aliphatic heterocycles. The van der Waals surface area contributed by atoms with Crippen molar-refractivity contribution in [2.75, 3.05) is 11.4 Å². The second-order valence-electron chi connectivity index (χ2n) is 5.15. The van der Waals surface area contributed by atoms with E-state index in [1.165, 1.54) is 16.1 Å². The van der Waals surface area contributed by atoms with E-state index in [0.717, 1.165) is 18.5 Å². The van der Waals surface area contributed by atoms with E-state index in [9.17, 15) is 5.11 Å². The summed E-state index contributed by atoms with van der Waals surface area (Å²) in [5.41, 5.74) is 3.63. The smallest absolute Gasteiger partial charge is 0.0781 e. The van der Waals surface area contributed by atoms with Crippen LogP contribution in [0.3, 0.4) is 0 Å². The third-order valence-corrected chi connectivity index (χ3v) is 4.97. The van der Waals surface area contributed by atoms with E-state index in [1.54, 1.807) is 0 Å². The van der Waals surface area contributed by atoms with E-state index < -0.39 is 6.10 Å². The Morgan fingerprint density at radius 3 is 2.89 bits per heavy atom. The lowest BCUT2D eigenvalue weighted by atomic mass is 9.98. The second kappa shape index (κ2) is 4.99. The van der Waals surface area contributed by atoms with Gasteiger partial charge in [0.05, 0.1) is 12.1 Å². The highest BCUT2D eigenvalue weighted by atomic mass is 32.1. The van der Waals surface area contributed by atoms with Crippen molar-refractivity contribution in [2.24, 2.45) is 0 Å². The number of aliphatic hydroxyl groups excluding tert-OH is 1. The minimum atomic E-state index is -0.424. The molecule has 19 heavy (non-hydrogen) atoms. The van der Waals surface area contributed by atoms with Crippen molar-refractivity contribution in [3.63, 3.8) is 0 Å². The van der Waals surface area contributed by atoms with E-state index in [1.807, 2.05) is 30.4 Å². The predicted octanol–water partition coefficient (Wildman–Crippen LogP) is 3.93. The number of fused-ring (bicyclic) bond motifs is 1. The molecule has 2 heterocycles. The van der Waals surface area contributed by atoms with Gasteiger partial charge in [0.2, 0.25) is 0 Å². The fourth-order valence-corrected chi connectivity index (χ4v) is 3.90. The Morgan fingerprint density at radius 2 is 2.11 bits per heavy atom. The number of rotatable bonds is 2. The third kappa shape index (κ3) is 2.17. The monoisotopic (exact) mass is 273 g/mol. The van der Waals surface area contributed by atoms with Crippen molar-refractivity contribution in [3.05, 3.63) is 51.7 Å². The van der Waals surface area contributed by atoms with Crippen LogP contribution in [-0.4, -0.2) is 11.7 Å². The maximum absolute atomic E-state index is 9.95. The van der Waals surface area contributed by atoms with E-state index >= 15 is 0 Å². The molecule has 2 atom stereocenters. The topological polar surface area (TPSA) is 23.5 Å². The zero-order chi connectivity index (χ0) is 13.4. The molecule has 0 aliphatic carbocycles. The molecule has 0 spiro atoms. The first-order valence-electron chi connectivity index (χ1n) is 6.78. The van der Waals surface area contributed by atoms with Gasteiger partial charge < -0.3 is 10.0 Å². The Kier molecular flexibility index (Phi) is 3.33. The Balaban J connectivity index is 2.00. The second-order valence-corrected chi connectivity index (χ2v) is 6.15. The largest absolute Gasteiger partial charge is 0.389 e. The van der Waals surface area contributed by atoms with Crippen molar-refractivity contribution in [2.45, 2.75) is 32.4 Å². The minimum Gasteiger partial charge on any atom is -0.389 e. The normalized spacial score (nSPS) is 20.2. The Bertz CT molecular complexity index is 576. The summed E-state index contributed by atoms with van der Waals surface area (Å²) in [5.74, 6) is 0. The first kappa shape index (κ1) is 12.7. The third-order valence-electron chi connectivity index (χ3n) is 3.97. The van der Waals surface area contributed by atoms with Gasteiger partial charge in [0.15, 0.2) is 0 Å². The van der Waals surface area contributed by atoms with Crippen molar-refractivity contribution >= 4 is 17.0 Å². The first-order chi connectivity index (χ1) is 9.18.